The number of rotatable bonds is 3. The van der Waals surface area contributed by atoms with Crippen LogP contribution >= 0.6 is 0 Å². The average molecular weight is 225 g/mol. The third-order valence-electron chi connectivity index (χ3n) is 4.65. The van der Waals surface area contributed by atoms with Crippen LogP contribution < -0.4 is 0 Å². The molecule has 3 heterocycles. The summed E-state index contributed by atoms with van der Waals surface area (Å²) in [6, 6.07) is 1.62. The van der Waals surface area contributed by atoms with Crippen LogP contribution in [0.2, 0.25) is 0 Å². The largest absolute Gasteiger partial charge is 0.350 e. The summed E-state index contributed by atoms with van der Waals surface area (Å²) in [5, 5.41) is 0. The summed E-state index contributed by atoms with van der Waals surface area (Å²) in [5.74, 6) is 0.753. The van der Waals surface area contributed by atoms with Crippen molar-refractivity contribution >= 4 is 0 Å². The van der Waals surface area contributed by atoms with Gasteiger partial charge in [-0.2, -0.15) is 0 Å². The third kappa shape index (κ3) is 1.89. The predicted molar refractivity (Wildman–Crippen MR) is 62.2 cm³/mol. The van der Waals surface area contributed by atoms with Crippen LogP contribution in [0.25, 0.3) is 0 Å². The Morgan fingerprint density at radius 2 is 1.94 bits per heavy atom. The van der Waals surface area contributed by atoms with Gasteiger partial charge in [0.15, 0.2) is 6.29 Å². The predicted octanol–water partition coefficient (Wildman–Crippen LogP) is 2.01. The summed E-state index contributed by atoms with van der Waals surface area (Å²) in [7, 11) is 2.30. The molecular formula is C13H23NO2. The molecule has 3 saturated heterocycles. The van der Waals surface area contributed by atoms with Crippen molar-refractivity contribution in [2.45, 2.75) is 63.5 Å². The summed E-state index contributed by atoms with van der Waals surface area (Å²) < 4.78 is 11.2. The Bertz CT molecular complexity index is 244. The minimum Gasteiger partial charge on any atom is -0.350 e. The molecule has 92 valence electrons. The van der Waals surface area contributed by atoms with Gasteiger partial charge in [-0.3, -0.25) is 0 Å². The number of epoxide rings is 1. The Morgan fingerprint density at radius 3 is 2.56 bits per heavy atom. The molecule has 0 aliphatic carbocycles. The Hall–Kier alpha value is -0.120. The number of hydrogen-bond acceptors (Lipinski definition) is 3. The molecule has 2 bridgehead atoms. The van der Waals surface area contributed by atoms with E-state index in [1.165, 1.54) is 32.1 Å². The number of ether oxygens (including phenoxy) is 2. The molecule has 3 aliphatic rings. The minimum atomic E-state index is 0.124. The van der Waals surface area contributed by atoms with E-state index in [0.29, 0.717) is 6.10 Å². The Morgan fingerprint density at radius 1 is 1.25 bits per heavy atom. The molecule has 4 unspecified atom stereocenters. The second-order valence-electron chi connectivity index (χ2n) is 5.56. The van der Waals surface area contributed by atoms with Gasteiger partial charge in [-0.25, -0.2) is 0 Å². The molecule has 0 aromatic heterocycles. The Labute approximate surface area is 98.1 Å². The lowest BCUT2D eigenvalue weighted by atomic mass is 9.77. The van der Waals surface area contributed by atoms with Crippen LogP contribution in [-0.2, 0) is 9.47 Å². The third-order valence-corrected chi connectivity index (χ3v) is 4.65. The van der Waals surface area contributed by atoms with Crippen molar-refractivity contribution in [3.63, 3.8) is 0 Å². The van der Waals surface area contributed by atoms with E-state index < -0.39 is 0 Å². The fraction of sp³-hybridized carbons (Fsp3) is 1.00. The highest BCUT2D eigenvalue weighted by atomic mass is 16.8. The molecule has 0 saturated carbocycles. The smallest absolute Gasteiger partial charge is 0.184 e. The molecule has 4 atom stereocenters. The van der Waals surface area contributed by atoms with Crippen molar-refractivity contribution in [3.8, 4) is 0 Å². The van der Waals surface area contributed by atoms with Gasteiger partial charge in [0.25, 0.3) is 0 Å². The molecule has 16 heavy (non-hydrogen) atoms. The van der Waals surface area contributed by atoms with E-state index in [4.69, 9.17) is 9.47 Å². The fourth-order valence-electron chi connectivity index (χ4n) is 3.67. The summed E-state index contributed by atoms with van der Waals surface area (Å²) in [6.45, 7) is 2.82. The zero-order valence-electron chi connectivity index (χ0n) is 10.4. The zero-order chi connectivity index (χ0) is 11.1. The molecular weight excluding hydrogens is 202 g/mol. The van der Waals surface area contributed by atoms with Crippen LogP contribution in [0, 0.1) is 5.92 Å². The van der Waals surface area contributed by atoms with Crippen molar-refractivity contribution in [2.24, 2.45) is 5.92 Å². The van der Waals surface area contributed by atoms with E-state index in [9.17, 15) is 0 Å². The standard InChI is InChI=1S/C13H23NO2/c1-3-15-13-12(16-13)9-7-10-5-4-6-11(8-9)14(10)2/h9-13H,3-8H2,1-2H3. The number of piperidine rings is 2. The molecule has 0 aromatic rings. The maximum absolute atomic E-state index is 5.66. The Kier molecular flexibility index (Phi) is 2.94. The highest BCUT2D eigenvalue weighted by Crippen LogP contribution is 2.43. The van der Waals surface area contributed by atoms with Crippen molar-refractivity contribution in [3.05, 3.63) is 0 Å². The Balaban J connectivity index is 1.59. The second-order valence-corrected chi connectivity index (χ2v) is 5.56. The van der Waals surface area contributed by atoms with Crippen molar-refractivity contribution in [2.75, 3.05) is 13.7 Å². The van der Waals surface area contributed by atoms with E-state index in [1.807, 2.05) is 6.92 Å². The summed E-state index contributed by atoms with van der Waals surface area (Å²) in [6.07, 6.45) is 7.37. The lowest BCUT2D eigenvalue weighted by molar-refractivity contribution is 0.0278. The highest BCUT2D eigenvalue weighted by molar-refractivity contribution is 4.97. The fourth-order valence-corrected chi connectivity index (χ4v) is 3.67. The molecule has 3 rings (SSSR count). The lowest BCUT2D eigenvalue weighted by Crippen LogP contribution is -2.50. The monoisotopic (exact) mass is 225 g/mol. The van der Waals surface area contributed by atoms with Crippen LogP contribution in [-0.4, -0.2) is 43.0 Å². The van der Waals surface area contributed by atoms with Crippen LogP contribution in [0.3, 0.4) is 0 Å². The first-order chi connectivity index (χ1) is 7.79. The first-order valence-electron chi connectivity index (χ1n) is 6.78. The molecule has 3 nitrogen and oxygen atoms in total. The van der Waals surface area contributed by atoms with Crippen LogP contribution in [0.1, 0.15) is 39.0 Å². The highest BCUT2D eigenvalue weighted by Gasteiger charge is 2.50. The van der Waals surface area contributed by atoms with E-state index in [0.717, 1.165) is 24.6 Å². The molecule has 0 radical (unpaired) electrons. The topological polar surface area (TPSA) is 25.0 Å². The van der Waals surface area contributed by atoms with E-state index >= 15 is 0 Å². The SMILES string of the molecule is CCOC1OC1C1CC2CCCC(C1)N2C. The zero-order valence-corrected chi connectivity index (χ0v) is 10.4. The molecule has 3 fully saturated rings. The van der Waals surface area contributed by atoms with Crippen LogP contribution in [0.5, 0.6) is 0 Å². The van der Waals surface area contributed by atoms with Gasteiger partial charge < -0.3 is 14.4 Å². The molecule has 3 heteroatoms. The van der Waals surface area contributed by atoms with Gasteiger partial charge in [-0.05, 0) is 45.6 Å². The van der Waals surface area contributed by atoms with Crippen LogP contribution in [0.15, 0.2) is 0 Å². The average Bonchev–Trinajstić information content (AvgIpc) is 2.97. The first-order valence-corrected chi connectivity index (χ1v) is 6.78. The van der Waals surface area contributed by atoms with Gasteiger partial charge in [0.2, 0.25) is 0 Å². The quantitative estimate of drug-likeness (QED) is 0.687. The van der Waals surface area contributed by atoms with E-state index in [2.05, 4.69) is 11.9 Å². The number of hydrogen-bond donors (Lipinski definition) is 0. The first kappa shape index (κ1) is 11.0. The normalized spacial score (nSPS) is 48.0. The van der Waals surface area contributed by atoms with E-state index in [-0.39, 0.29) is 6.29 Å². The van der Waals surface area contributed by atoms with Crippen LogP contribution in [0.4, 0.5) is 0 Å². The van der Waals surface area contributed by atoms with Gasteiger partial charge in [-0.1, -0.05) is 6.42 Å². The minimum absolute atomic E-state index is 0.124. The molecule has 0 N–H and O–H groups in total. The van der Waals surface area contributed by atoms with Gasteiger partial charge in [0.1, 0.15) is 6.10 Å². The summed E-state index contributed by atoms with van der Waals surface area (Å²) >= 11 is 0. The van der Waals surface area contributed by atoms with Crippen molar-refractivity contribution in [1.82, 2.24) is 4.90 Å². The molecule has 0 aromatic carbocycles. The van der Waals surface area contributed by atoms with Gasteiger partial charge in [-0.15, -0.1) is 0 Å². The van der Waals surface area contributed by atoms with Crippen molar-refractivity contribution < 1.29 is 9.47 Å². The lowest BCUT2D eigenvalue weighted by Gasteiger charge is -2.46. The molecule has 3 aliphatic heterocycles. The molecule has 0 spiro atoms. The van der Waals surface area contributed by atoms with Gasteiger partial charge in [0.05, 0.1) is 0 Å². The maximum Gasteiger partial charge on any atom is 0.184 e. The van der Waals surface area contributed by atoms with Crippen molar-refractivity contribution in [1.29, 1.82) is 0 Å². The number of fused-ring (bicyclic) bond motifs is 2. The summed E-state index contributed by atoms with van der Waals surface area (Å²) in [5.41, 5.74) is 0. The van der Waals surface area contributed by atoms with Gasteiger partial charge >= 0.3 is 0 Å². The number of nitrogens with zero attached hydrogens (tertiary/aromatic N) is 1. The van der Waals surface area contributed by atoms with Gasteiger partial charge in [0, 0.05) is 18.7 Å². The van der Waals surface area contributed by atoms with E-state index in [1.54, 1.807) is 0 Å². The molecule has 0 amide bonds. The summed E-state index contributed by atoms with van der Waals surface area (Å²) in [4.78, 5) is 2.61. The maximum atomic E-state index is 5.66. The second kappa shape index (κ2) is 4.28.